The first-order valence-corrected chi connectivity index (χ1v) is 20.0. The zero-order chi connectivity index (χ0) is 41.2. The second-order valence-corrected chi connectivity index (χ2v) is 16.0. The Kier molecular flexibility index (Phi) is 12.5. The van der Waals surface area contributed by atoms with Crippen LogP contribution in [0.1, 0.15) is 104 Å². The SMILES string of the molecule is CCC[C@H]1N(C(=O)c2ncccc2C(F)(F)F)CCC[C@@]1(Oc1csc(C(F)(F)F)c1)C(=O)N1CCC(O)(c2ccccc2OC2CCC[C@@H](C(=O)O)CC2)CC1. The van der Waals surface area contributed by atoms with Gasteiger partial charge in [0.1, 0.15) is 22.1 Å². The van der Waals surface area contributed by atoms with Gasteiger partial charge >= 0.3 is 18.3 Å². The summed E-state index contributed by atoms with van der Waals surface area (Å²) in [5.41, 5.74) is -5.09. The Bertz CT molecular complexity index is 1910. The number of hydrogen-bond donors (Lipinski definition) is 2. The second-order valence-electron chi connectivity index (χ2n) is 15.0. The highest BCUT2D eigenvalue weighted by Crippen LogP contribution is 2.45. The minimum atomic E-state index is -4.92. The van der Waals surface area contributed by atoms with Gasteiger partial charge in [-0.15, -0.1) is 11.3 Å². The number of carboxylic acids is 1. The molecule has 2 aromatic heterocycles. The first-order chi connectivity index (χ1) is 27.0. The van der Waals surface area contributed by atoms with Crippen LogP contribution in [-0.4, -0.2) is 80.2 Å². The number of aliphatic hydroxyl groups is 1. The Labute approximate surface area is 329 Å². The van der Waals surface area contributed by atoms with E-state index in [1.165, 1.54) is 4.90 Å². The van der Waals surface area contributed by atoms with Gasteiger partial charge in [-0.1, -0.05) is 31.5 Å². The van der Waals surface area contributed by atoms with Crippen molar-refractivity contribution in [1.82, 2.24) is 14.8 Å². The number of piperidine rings is 2. The summed E-state index contributed by atoms with van der Waals surface area (Å²) in [7, 11) is 0. The average Bonchev–Trinajstić information content (AvgIpc) is 3.53. The number of halogens is 6. The number of rotatable bonds is 10. The van der Waals surface area contributed by atoms with E-state index in [0.717, 1.165) is 34.7 Å². The summed E-state index contributed by atoms with van der Waals surface area (Å²) < 4.78 is 96.1. The maximum absolute atomic E-state index is 15.0. The number of para-hydroxylation sites is 1. The van der Waals surface area contributed by atoms with Crippen molar-refractivity contribution < 1.29 is 60.4 Å². The van der Waals surface area contributed by atoms with Gasteiger partial charge in [0.25, 0.3) is 11.8 Å². The van der Waals surface area contributed by atoms with E-state index in [9.17, 15) is 50.9 Å². The van der Waals surface area contributed by atoms with E-state index in [1.54, 1.807) is 31.2 Å². The number of nitrogens with zero attached hydrogens (tertiary/aromatic N) is 3. The standard InChI is InChI=1S/C40H45F6N3O7S/c1-2-8-31-38(56-27-23-32(57-24-27)40(44,45)46,16-7-20-49(31)34(50)33-29(39(41,42)43)12-6-19-47-33)36(53)48-21-17-37(54,18-22-48)28-11-3-4-13-30(28)55-26-10-5-9-25(14-15-26)35(51)52/h3-4,6,11-13,19,23-26,31,54H,2,5,7-10,14-18,20-22H2,1H3,(H,51,52)/t25-,26?,31-,38+/m1/s1. The third-order valence-corrected chi connectivity index (χ3v) is 12.3. The fraction of sp³-hybridized carbons (Fsp3) is 0.550. The predicted octanol–water partition coefficient (Wildman–Crippen LogP) is 8.33. The van der Waals surface area contributed by atoms with Gasteiger partial charge in [0.05, 0.1) is 29.2 Å². The number of alkyl halides is 6. The van der Waals surface area contributed by atoms with Crippen molar-refractivity contribution in [2.75, 3.05) is 19.6 Å². The fourth-order valence-corrected chi connectivity index (χ4v) is 9.14. The topological polar surface area (TPSA) is 130 Å². The van der Waals surface area contributed by atoms with Crippen LogP contribution in [0.4, 0.5) is 26.3 Å². The molecule has 3 aliphatic rings. The lowest BCUT2D eigenvalue weighted by molar-refractivity contribution is -0.163. The second kappa shape index (κ2) is 16.8. The molecule has 4 atom stereocenters. The third-order valence-electron chi connectivity index (χ3n) is 11.3. The maximum atomic E-state index is 15.0. The highest BCUT2D eigenvalue weighted by atomic mass is 32.1. The minimum Gasteiger partial charge on any atom is -0.490 e. The number of hydrogen-bond acceptors (Lipinski definition) is 8. The number of carboxylic acid groups (broad SMARTS) is 1. The van der Waals surface area contributed by atoms with Crippen LogP contribution in [0, 0.1) is 5.92 Å². The van der Waals surface area contributed by atoms with E-state index in [1.807, 2.05) is 0 Å². The molecule has 10 nitrogen and oxygen atoms in total. The molecule has 310 valence electrons. The summed E-state index contributed by atoms with van der Waals surface area (Å²) in [6.45, 7) is 1.64. The number of pyridine rings is 1. The normalized spacial score (nSPS) is 24.4. The van der Waals surface area contributed by atoms with Crippen LogP contribution in [0.3, 0.4) is 0 Å². The molecular weight excluding hydrogens is 781 g/mol. The van der Waals surface area contributed by atoms with E-state index in [2.05, 4.69) is 4.98 Å². The fourth-order valence-electron chi connectivity index (χ4n) is 8.46. The predicted molar refractivity (Wildman–Crippen MR) is 196 cm³/mol. The van der Waals surface area contributed by atoms with Gasteiger partial charge in [0.15, 0.2) is 0 Å². The van der Waals surface area contributed by atoms with Crippen LogP contribution in [0.25, 0.3) is 0 Å². The molecule has 2 N–H and O–H groups in total. The van der Waals surface area contributed by atoms with E-state index < -0.39 is 69.4 Å². The zero-order valence-corrected chi connectivity index (χ0v) is 32.1. The summed E-state index contributed by atoms with van der Waals surface area (Å²) in [5.74, 6) is -2.85. The summed E-state index contributed by atoms with van der Waals surface area (Å²) in [6, 6.07) is 8.35. The maximum Gasteiger partial charge on any atom is 0.425 e. The number of aromatic nitrogens is 1. The largest absolute Gasteiger partial charge is 0.490 e. The molecule has 0 bridgehead atoms. The number of thiophene rings is 1. The quantitative estimate of drug-likeness (QED) is 0.154. The summed E-state index contributed by atoms with van der Waals surface area (Å²) >= 11 is 0.366. The lowest BCUT2D eigenvalue weighted by atomic mass is 9.78. The number of carbonyl (C=O) groups is 3. The molecule has 17 heteroatoms. The molecule has 3 fully saturated rings. The zero-order valence-electron chi connectivity index (χ0n) is 31.3. The average molecular weight is 826 g/mol. The first-order valence-electron chi connectivity index (χ1n) is 19.2. The number of likely N-dealkylation sites (tertiary alicyclic amines) is 2. The Morgan fingerprint density at radius 1 is 0.930 bits per heavy atom. The van der Waals surface area contributed by atoms with E-state index in [4.69, 9.17) is 9.47 Å². The minimum absolute atomic E-state index is 0.0266. The van der Waals surface area contributed by atoms with Crippen molar-refractivity contribution in [1.29, 1.82) is 0 Å². The lowest BCUT2D eigenvalue weighted by Gasteiger charge is -2.51. The van der Waals surface area contributed by atoms with Crippen LogP contribution in [0.2, 0.25) is 0 Å². The van der Waals surface area contributed by atoms with Crippen molar-refractivity contribution in [2.45, 2.75) is 113 Å². The number of carbonyl (C=O) groups excluding carboxylic acids is 2. The van der Waals surface area contributed by atoms with E-state index >= 15 is 0 Å². The Balaban J connectivity index is 1.29. The Morgan fingerprint density at radius 2 is 1.67 bits per heavy atom. The van der Waals surface area contributed by atoms with Gasteiger partial charge < -0.3 is 29.5 Å². The van der Waals surface area contributed by atoms with E-state index in [0.29, 0.717) is 61.2 Å². The molecule has 2 aliphatic heterocycles. The van der Waals surface area contributed by atoms with Crippen LogP contribution in [0.15, 0.2) is 54.0 Å². The molecule has 6 rings (SSSR count). The smallest absolute Gasteiger partial charge is 0.425 e. The van der Waals surface area contributed by atoms with Gasteiger partial charge in [-0.3, -0.25) is 19.4 Å². The molecule has 1 aromatic carbocycles. The van der Waals surface area contributed by atoms with Crippen molar-refractivity contribution >= 4 is 29.1 Å². The molecule has 2 amide bonds. The molecular formula is C40H45F6N3O7S. The first kappa shape index (κ1) is 42.2. The van der Waals surface area contributed by atoms with Gasteiger partial charge in [0.2, 0.25) is 5.60 Å². The van der Waals surface area contributed by atoms with Crippen molar-refractivity contribution in [2.24, 2.45) is 5.92 Å². The highest BCUT2D eigenvalue weighted by molar-refractivity contribution is 7.10. The monoisotopic (exact) mass is 825 g/mol. The van der Waals surface area contributed by atoms with Gasteiger partial charge in [-0.2, -0.15) is 26.3 Å². The Morgan fingerprint density at radius 3 is 2.33 bits per heavy atom. The molecule has 0 spiro atoms. The molecule has 1 unspecified atom stereocenters. The highest BCUT2D eigenvalue weighted by Gasteiger charge is 2.57. The lowest BCUT2D eigenvalue weighted by Crippen LogP contribution is -2.68. The number of benzene rings is 1. The van der Waals surface area contributed by atoms with Crippen molar-refractivity contribution in [3.63, 3.8) is 0 Å². The van der Waals surface area contributed by atoms with E-state index in [-0.39, 0.29) is 63.6 Å². The Hall–Kier alpha value is -4.38. The van der Waals surface area contributed by atoms with Crippen LogP contribution >= 0.6 is 11.3 Å². The number of amides is 2. The van der Waals surface area contributed by atoms with Gasteiger partial charge in [-0.05, 0) is 76.0 Å². The third kappa shape index (κ3) is 9.03. The van der Waals surface area contributed by atoms with Gasteiger partial charge in [0, 0.05) is 49.3 Å². The molecule has 2 saturated heterocycles. The van der Waals surface area contributed by atoms with Crippen LogP contribution in [0.5, 0.6) is 11.5 Å². The molecule has 57 heavy (non-hydrogen) atoms. The van der Waals surface area contributed by atoms with Crippen LogP contribution in [-0.2, 0) is 27.5 Å². The van der Waals surface area contributed by atoms with Gasteiger partial charge in [-0.25, -0.2) is 0 Å². The molecule has 0 radical (unpaired) electrons. The van der Waals surface area contributed by atoms with Crippen molar-refractivity contribution in [3.8, 4) is 11.5 Å². The van der Waals surface area contributed by atoms with Crippen molar-refractivity contribution in [3.05, 3.63) is 75.7 Å². The molecule has 3 aromatic rings. The summed E-state index contributed by atoms with van der Waals surface area (Å²) in [4.78, 5) is 46.0. The van der Waals surface area contributed by atoms with Crippen LogP contribution < -0.4 is 9.47 Å². The number of ether oxygens (including phenoxy) is 2. The summed E-state index contributed by atoms with van der Waals surface area (Å²) in [5, 5.41) is 22.7. The molecule has 4 heterocycles. The molecule has 1 aliphatic carbocycles. The molecule has 1 saturated carbocycles. The summed E-state index contributed by atoms with van der Waals surface area (Å²) in [6.07, 6.45) is -5.48. The number of aliphatic carboxylic acids is 1.